The van der Waals surface area contributed by atoms with Crippen molar-refractivity contribution < 1.29 is 4.74 Å². The zero-order chi connectivity index (χ0) is 13.2. The van der Waals surface area contributed by atoms with E-state index in [9.17, 15) is 0 Å². The van der Waals surface area contributed by atoms with Crippen LogP contribution in [0.4, 0.5) is 5.69 Å². The summed E-state index contributed by atoms with van der Waals surface area (Å²) in [5.74, 6) is 0. The molecule has 102 valence electrons. The minimum Gasteiger partial charge on any atom is -0.388 e. The van der Waals surface area contributed by atoms with Crippen LogP contribution >= 0.6 is 0 Å². The van der Waals surface area contributed by atoms with Crippen molar-refractivity contribution >= 4 is 5.69 Å². The zero-order valence-electron chi connectivity index (χ0n) is 11.6. The maximum absolute atomic E-state index is 4.99. The molecule has 18 heavy (non-hydrogen) atoms. The van der Waals surface area contributed by atoms with Crippen LogP contribution in [0.2, 0.25) is 0 Å². The van der Waals surface area contributed by atoms with Gasteiger partial charge in [0.15, 0.2) is 0 Å². The van der Waals surface area contributed by atoms with Gasteiger partial charge >= 0.3 is 0 Å². The Hall–Kier alpha value is -1.10. The van der Waals surface area contributed by atoms with Crippen molar-refractivity contribution in [2.45, 2.75) is 19.5 Å². The first-order chi connectivity index (χ1) is 8.77. The summed E-state index contributed by atoms with van der Waals surface area (Å²) in [5.41, 5.74) is 2.48. The molecule has 0 bridgehead atoms. The second kappa shape index (κ2) is 8.91. The molecule has 1 aromatic rings. The Kier molecular flexibility index (Phi) is 7.41. The second-order valence-corrected chi connectivity index (χ2v) is 4.39. The van der Waals surface area contributed by atoms with E-state index >= 15 is 0 Å². The molecule has 1 atom stereocenters. The van der Waals surface area contributed by atoms with Crippen molar-refractivity contribution in [3.8, 4) is 0 Å². The average molecular weight is 251 g/mol. The summed E-state index contributed by atoms with van der Waals surface area (Å²) in [6.07, 6.45) is 0. The number of ether oxygens (including phenoxy) is 1. The number of hydrogen-bond donors (Lipinski definition) is 3. The average Bonchev–Trinajstić information content (AvgIpc) is 2.41. The maximum Gasteiger partial charge on any atom is 0.0587 e. The highest BCUT2D eigenvalue weighted by Crippen LogP contribution is 2.13. The van der Waals surface area contributed by atoms with Gasteiger partial charge in [-0.15, -0.1) is 0 Å². The van der Waals surface area contributed by atoms with E-state index in [0.717, 1.165) is 26.2 Å². The first-order valence-corrected chi connectivity index (χ1v) is 6.46. The first-order valence-electron chi connectivity index (χ1n) is 6.46. The van der Waals surface area contributed by atoms with Crippen LogP contribution in [0.3, 0.4) is 0 Å². The van der Waals surface area contributed by atoms with Gasteiger partial charge in [-0.25, -0.2) is 0 Å². The van der Waals surface area contributed by atoms with E-state index in [2.05, 4.69) is 41.1 Å². The SMILES string of the molecule is CNc1ccccc1CNC(C)CNCCOC. The summed E-state index contributed by atoms with van der Waals surface area (Å²) in [4.78, 5) is 0. The molecule has 0 spiro atoms. The zero-order valence-corrected chi connectivity index (χ0v) is 11.6. The lowest BCUT2D eigenvalue weighted by molar-refractivity contribution is 0.198. The molecule has 3 N–H and O–H groups in total. The number of rotatable bonds is 9. The fourth-order valence-corrected chi connectivity index (χ4v) is 1.77. The first kappa shape index (κ1) is 15.0. The minimum atomic E-state index is 0.437. The van der Waals surface area contributed by atoms with E-state index in [0.29, 0.717) is 6.04 Å². The lowest BCUT2D eigenvalue weighted by atomic mass is 10.1. The Labute approximate surface area is 110 Å². The number of anilines is 1. The highest BCUT2D eigenvalue weighted by Gasteiger charge is 2.03. The maximum atomic E-state index is 4.99. The van der Waals surface area contributed by atoms with Crippen molar-refractivity contribution in [3.05, 3.63) is 29.8 Å². The fourth-order valence-electron chi connectivity index (χ4n) is 1.77. The third kappa shape index (κ3) is 5.49. The molecule has 0 amide bonds. The summed E-state index contributed by atoms with van der Waals surface area (Å²) < 4.78 is 4.99. The van der Waals surface area contributed by atoms with E-state index in [1.54, 1.807) is 7.11 Å². The highest BCUT2D eigenvalue weighted by atomic mass is 16.5. The third-order valence-electron chi connectivity index (χ3n) is 2.86. The van der Waals surface area contributed by atoms with Crippen molar-refractivity contribution in [2.24, 2.45) is 0 Å². The molecule has 0 radical (unpaired) electrons. The van der Waals surface area contributed by atoms with E-state index < -0.39 is 0 Å². The summed E-state index contributed by atoms with van der Waals surface area (Å²) in [5, 5.41) is 10.1. The Balaban J connectivity index is 2.26. The normalized spacial score (nSPS) is 12.4. The number of benzene rings is 1. The summed E-state index contributed by atoms with van der Waals surface area (Å²) in [6.45, 7) is 5.67. The van der Waals surface area contributed by atoms with Crippen LogP contribution in [0, 0.1) is 0 Å². The Morgan fingerprint density at radius 2 is 2.06 bits per heavy atom. The third-order valence-corrected chi connectivity index (χ3v) is 2.86. The molecule has 0 saturated carbocycles. The smallest absolute Gasteiger partial charge is 0.0587 e. The predicted octanol–water partition coefficient (Wildman–Crippen LogP) is 1.44. The van der Waals surface area contributed by atoms with Gasteiger partial charge in [-0.3, -0.25) is 0 Å². The van der Waals surface area contributed by atoms with Gasteiger partial charge in [-0.1, -0.05) is 18.2 Å². The largest absolute Gasteiger partial charge is 0.388 e. The van der Waals surface area contributed by atoms with Crippen LogP contribution in [-0.2, 0) is 11.3 Å². The lowest BCUT2D eigenvalue weighted by Gasteiger charge is -2.16. The van der Waals surface area contributed by atoms with Crippen LogP contribution in [0.1, 0.15) is 12.5 Å². The molecule has 4 heteroatoms. The monoisotopic (exact) mass is 251 g/mol. The lowest BCUT2D eigenvalue weighted by Crippen LogP contribution is -2.37. The molecule has 0 aromatic heterocycles. The van der Waals surface area contributed by atoms with Crippen molar-refractivity contribution in [2.75, 3.05) is 39.2 Å². The molecule has 1 aromatic carbocycles. The van der Waals surface area contributed by atoms with E-state index in [1.807, 2.05) is 13.1 Å². The molecule has 0 aliphatic carbocycles. The van der Waals surface area contributed by atoms with Crippen molar-refractivity contribution in [3.63, 3.8) is 0 Å². The van der Waals surface area contributed by atoms with Crippen LogP contribution in [0.25, 0.3) is 0 Å². The molecular formula is C14H25N3O. The number of nitrogens with one attached hydrogen (secondary N) is 3. The molecule has 1 unspecified atom stereocenters. The van der Waals surface area contributed by atoms with E-state index in [-0.39, 0.29) is 0 Å². The van der Waals surface area contributed by atoms with Gasteiger partial charge < -0.3 is 20.7 Å². The van der Waals surface area contributed by atoms with Gasteiger partial charge in [0.2, 0.25) is 0 Å². The number of para-hydroxylation sites is 1. The van der Waals surface area contributed by atoms with Crippen LogP contribution < -0.4 is 16.0 Å². The highest BCUT2D eigenvalue weighted by molar-refractivity contribution is 5.50. The topological polar surface area (TPSA) is 45.3 Å². The Bertz CT molecular complexity index is 331. The van der Waals surface area contributed by atoms with Gasteiger partial charge in [-0.05, 0) is 18.6 Å². The van der Waals surface area contributed by atoms with E-state index in [1.165, 1.54) is 11.3 Å². The number of methoxy groups -OCH3 is 1. The second-order valence-electron chi connectivity index (χ2n) is 4.39. The molecule has 0 saturated heterocycles. The van der Waals surface area contributed by atoms with Gasteiger partial charge in [0, 0.05) is 45.5 Å². The molecule has 0 fully saturated rings. The van der Waals surface area contributed by atoms with Crippen LogP contribution in [-0.4, -0.2) is 39.9 Å². The summed E-state index contributed by atoms with van der Waals surface area (Å²) >= 11 is 0. The predicted molar refractivity (Wildman–Crippen MR) is 77.0 cm³/mol. The minimum absolute atomic E-state index is 0.437. The standard InChI is InChI=1S/C14H25N3O/c1-12(10-16-8-9-18-3)17-11-13-6-4-5-7-14(13)15-2/h4-7,12,15-17H,8-11H2,1-3H3. The molecule has 1 rings (SSSR count). The molecular weight excluding hydrogens is 226 g/mol. The van der Waals surface area contributed by atoms with Gasteiger partial charge in [-0.2, -0.15) is 0 Å². The molecule has 0 heterocycles. The quantitative estimate of drug-likeness (QED) is 0.581. The fraction of sp³-hybridized carbons (Fsp3) is 0.571. The van der Waals surface area contributed by atoms with Crippen LogP contribution in [0.15, 0.2) is 24.3 Å². The van der Waals surface area contributed by atoms with Gasteiger partial charge in [0.05, 0.1) is 6.61 Å². The van der Waals surface area contributed by atoms with E-state index in [4.69, 9.17) is 4.74 Å². The van der Waals surface area contributed by atoms with Crippen LogP contribution in [0.5, 0.6) is 0 Å². The molecule has 0 aliphatic rings. The summed E-state index contributed by atoms with van der Waals surface area (Å²) in [6, 6.07) is 8.79. The van der Waals surface area contributed by atoms with Gasteiger partial charge in [0.25, 0.3) is 0 Å². The number of hydrogen-bond acceptors (Lipinski definition) is 4. The van der Waals surface area contributed by atoms with Crippen molar-refractivity contribution in [1.82, 2.24) is 10.6 Å². The molecule has 0 aliphatic heterocycles. The van der Waals surface area contributed by atoms with Gasteiger partial charge in [0.1, 0.15) is 0 Å². The Morgan fingerprint density at radius 1 is 1.28 bits per heavy atom. The Morgan fingerprint density at radius 3 is 2.78 bits per heavy atom. The molecule has 4 nitrogen and oxygen atoms in total. The van der Waals surface area contributed by atoms with Crippen molar-refractivity contribution in [1.29, 1.82) is 0 Å². The summed E-state index contributed by atoms with van der Waals surface area (Å²) in [7, 11) is 3.67.